The van der Waals surface area contributed by atoms with Crippen molar-refractivity contribution in [3.8, 4) is 5.75 Å². The third-order valence-corrected chi connectivity index (χ3v) is 3.66. The molecule has 1 amide bonds. The first-order valence-electron chi connectivity index (χ1n) is 6.61. The van der Waals surface area contributed by atoms with E-state index < -0.39 is 0 Å². The molecule has 0 unspecified atom stereocenters. The minimum atomic E-state index is -0.244. The first-order chi connectivity index (χ1) is 10.6. The van der Waals surface area contributed by atoms with Crippen LogP contribution in [0, 0.1) is 0 Å². The van der Waals surface area contributed by atoms with Crippen molar-refractivity contribution in [1.82, 2.24) is 5.32 Å². The number of ether oxygens (including phenoxy) is 1. The first kappa shape index (κ1) is 16.8. The van der Waals surface area contributed by atoms with Crippen molar-refractivity contribution in [2.24, 2.45) is 0 Å². The van der Waals surface area contributed by atoms with Crippen LogP contribution in [-0.4, -0.2) is 17.6 Å². The predicted octanol–water partition coefficient (Wildman–Crippen LogP) is 3.29. The van der Waals surface area contributed by atoms with Crippen molar-refractivity contribution in [3.05, 3.63) is 63.1 Å². The molecule has 0 radical (unpaired) electrons. The van der Waals surface area contributed by atoms with Gasteiger partial charge in [-0.1, -0.05) is 39.7 Å². The standard InChI is InChI=1S/C16H15BrClNO3/c17-13-4-5-15(12(7-13)9-20)22-10-16(21)19-8-11-2-1-3-14(18)6-11/h1-7,20H,8-10H2,(H,19,21). The van der Waals surface area contributed by atoms with Crippen LogP contribution in [0.5, 0.6) is 5.75 Å². The van der Waals surface area contributed by atoms with Gasteiger partial charge in [-0.2, -0.15) is 0 Å². The van der Waals surface area contributed by atoms with E-state index in [1.165, 1.54) is 0 Å². The van der Waals surface area contributed by atoms with E-state index in [-0.39, 0.29) is 19.1 Å². The maximum Gasteiger partial charge on any atom is 0.258 e. The van der Waals surface area contributed by atoms with E-state index in [9.17, 15) is 9.90 Å². The first-order valence-corrected chi connectivity index (χ1v) is 7.79. The monoisotopic (exact) mass is 383 g/mol. The normalized spacial score (nSPS) is 10.3. The Morgan fingerprint density at radius 2 is 2.09 bits per heavy atom. The summed E-state index contributed by atoms with van der Waals surface area (Å²) >= 11 is 9.20. The van der Waals surface area contributed by atoms with Crippen molar-refractivity contribution in [3.63, 3.8) is 0 Å². The Bertz CT molecular complexity index is 664. The van der Waals surface area contributed by atoms with Crippen LogP contribution in [0.25, 0.3) is 0 Å². The van der Waals surface area contributed by atoms with Crippen LogP contribution >= 0.6 is 27.5 Å². The molecular formula is C16H15BrClNO3. The summed E-state index contributed by atoms with van der Waals surface area (Å²) in [7, 11) is 0. The summed E-state index contributed by atoms with van der Waals surface area (Å²) in [6.07, 6.45) is 0. The molecule has 2 N–H and O–H groups in total. The molecule has 0 aliphatic rings. The highest BCUT2D eigenvalue weighted by Crippen LogP contribution is 2.23. The van der Waals surface area contributed by atoms with Gasteiger partial charge in [-0.25, -0.2) is 0 Å². The van der Waals surface area contributed by atoms with Crippen LogP contribution < -0.4 is 10.1 Å². The van der Waals surface area contributed by atoms with E-state index in [1.807, 2.05) is 12.1 Å². The van der Waals surface area contributed by atoms with Gasteiger partial charge >= 0.3 is 0 Å². The van der Waals surface area contributed by atoms with Gasteiger partial charge in [-0.05, 0) is 35.9 Å². The van der Waals surface area contributed by atoms with Crippen LogP contribution in [0.15, 0.2) is 46.9 Å². The van der Waals surface area contributed by atoms with Gasteiger partial charge in [0.1, 0.15) is 5.75 Å². The van der Waals surface area contributed by atoms with Crippen LogP contribution in [0.4, 0.5) is 0 Å². The molecule has 0 aliphatic heterocycles. The quantitative estimate of drug-likeness (QED) is 0.803. The molecule has 0 aliphatic carbocycles. The van der Waals surface area contributed by atoms with Crippen LogP contribution in [0.1, 0.15) is 11.1 Å². The van der Waals surface area contributed by atoms with Crippen molar-refractivity contribution in [2.75, 3.05) is 6.61 Å². The van der Waals surface area contributed by atoms with E-state index in [2.05, 4.69) is 21.2 Å². The fourth-order valence-electron chi connectivity index (χ4n) is 1.85. The third-order valence-electron chi connectivity index (χ3n) is 2.93. The Balaban J connectivity index is 1.85. The smallest absolute Gasteiger partial charge is 0.258 e. The number of hydrogen-bond donors (Lipinski definition) is 2. The molecule has 2 aromatic rings. The lowest BCUT2D eigenvalue weighted by molar-refractivity contribution is -0.123. The molecule has 2 rings (SSSR count). The minimum Gasteiger partial charge on any atom is -0.483 e. The zero-order valence-electron chi connectivity index (χ0n) is 11.7. The number of halogens is 2. The fourth-order valence-corrected chi connectivity index (χ4v) is 2.48. The van der Waals surface area contributed by atoms with Crippen molar-refractivity contribution < 1.29 is 14.6 Å². The van der Waals surface area contributed by atoms with E-state index in [0.717, 1.165) is 10.0 Å². The van der Waals surface area contributed by atoms with Crippen molar-refractivity contribution >= 4 is 33.4 Å². The molecule has 6 heteroatoms. The Labute approximate surface area is 142 Å². The predicted molar refractivity (Wildman–Crippen MR) is 88.9 cm³/mol. The average Bonchev–Trinajstić information content (AvgIpc) is 2.51. The van der Waals surface area contributed by atoms with Gasteiger partial charge in [-0.15, -0.1) is 0 Å². The molecule has 0 saturated heterocycles. The van der Waals surface area contributed by atoms with Gasteiger partial charge in [0, 0.05) is 21.6 Å². The second kappa shape index (κ2) is 8.17. The highest BCUT2D eigenvalue weighted by Gasteiger charge is 2.07. The molecule has 0 heterocycles. The van der Waals surface area contributed by atoms with E-state index in [1.54, 1.807) is 30.3 Å². The number of benzene rings is 2. The zero-order chi connectivity index (χ0) is 15.9. The lowest BCUT2D eigenvalue weighted by Crippen LogP contribution is -2.28. The van der Waals surface area contributed by atoms with E-state index >= 15 is 0 Å². The number of carbonyl (C=O) groups is 1. The van der Waals surface area contributed by atoms with Crippen LogP contribution in [0.3, 0.4) is 0 Å². The van der Waals surface area contributed by atoms with Gasteiger partial charge in [0.2, 0.25) is 0 Å². The van der Waals surface area contributed by atoms with Gasteiger partial charge < -0.3 is 15.2 Å². The second-order valence-corrected chi connectivity index (χ2v) is 5.96. The molecule has 0 atom stereocenters. The van der Waals surface area contributed by atoms with E-state index in [0.29, 0.717) is 22.9 Å². The molecular weight excluding hydrogens is 370 g/mol. The Hall–Kier alpha value is -1.56. The van der Waals surface area contributed by atoms with E-state index in [4.69, 9.17) is 16.3 Å². The zero-order valence-corrected chi connectivity index (χ0v) is 14.0. The van der Waals surface area contributed by atoms with Crippen molar-refractivity contribution in [1.29, 1.82) is 0 Å². The molecule has 116 valence electrons. The van der Waals surface area contributed by atoms with Crippen LogP contribution in [0.2, 0.25) is 5.02 Å². The number of hydrogen-bond acceptors (Lipinski definition) is 3. The summed E-state index contributed by atoms with van der Waals surface area (Å²) in [6.45, 7) is 0.115. The molecule has 2 aromatic carbocycles. The molecule has 4 nitrogen and oxygen atoms in total. The fraction of sp³-hybridized carbons (Fsp3) is 0.188. The number of aliphatic hydroxyl groups is 1. The highest BCUT2D eigenvalue weighted by atomic mass is 79.9. The number of amides is 1. The molecule has 0 saturated carbocycles. The summed E-state index contributed by atoms with van der Waals surface area (Å²) in [5, 5.41) is 12.7. The summed E-state index contributed by atoms with van der Waals surface area (Å²) < 4.78 is 6.28. The average molecular weight is 385 g/mol. The maximum absolute atomic E-state index is 11.8. The number of rotatable bonds is 6. The summed E-state index contributed by atoms with van der Waals surface area (Å²) in [6, 6.07) is 12.5. The second-order valence-electron chi connectivity index (χ2n) is 4.61. The van der Waals surface area contributed by atoms with Gasteiger partial charge in [0.15, 0.2) is 6.61 Å². The summed E-state index contributed by atoms with van der Waals surface area (Å²) in [5.74, 6) is 0.246. The maximum atomic E-state index is 11.8. The SMILES string of the molecule is O=C(COc1ccc(Br)cc1CO)NCc1cccc(Cl)c1. The van der Waals surface area contributed by atoms with Gasteiger partial charge in [0.25, 0.3) is 5.91 Å². The minimum absolute atomic E-state index is 0.116. The Morgan fingerprint density at radius 3 is 2.82 bits per heavy atom. The third kappa shape index (κ3) is 5.02. The molecule has 0 spiro atoms. The number of carbonyl (C=O) groups excluding carboxylic acids is 1. The van der Waals surface area contributed by atoms with Gasteiger partial charge in [-0.3, -0.25) is 4.79 Å². The van der Waals surface area contributed by atoms with Crippen molar-refractivity contribution in [2.45, 2.75) is 13.2 Å². The highest BCUT2D eigenvalue weighted by molar-refractivity contribution is 9.10. The molecule has 0 bridgehead atoms. The summed E-state index contributed by atoms with van der Waals surface area (Å²) in [5.41, 5.74) is 1.54. The Morgan fingerprint density at radius 1 is 1.27 bits per heavy atom. The van der Waals surface area contributed by atoms with Crippen LogP contribution in [-0.2, 0) is 17.9 Å². The Kier molecular flexibility index (Phi) is 6.24. The van der Waals surface area contributed by atoms with Gasteiger partial charge in [0.05, 0.1) is 6.61 Å². The molecule has 0 fully saturated rings. The number of aliphatic hydroxyl groups excluding tert-OH is 1. The molecule has 0 aromatic heterocycles. The number of nitrogens with one attached hydrogen (secondary N) is 1. The largest absolute Gasteiger partial charge is 0.483 e. The summed E-state index contributed by atoms with van der Waals surface area (Å²) in [4.78, 5) is 11.8. The lowest BCUT2D eigenvalue weighted by Gasteiger charge is -2.11. The topological polar surface area (TPSA) is 58.6 Å². The molecule has 22 heavy (non-hydrogen) atoms. The lowest BCUT2D eigenvalue weighted by atomic mass is 10.2.